The number of rotatable bonds is 4. The van der Waals surface area contributed by atoms with E-state index < -0.39 is 0 Å². The summed E-state index contributed by atoms with van der Waals surface area (Å²) in [7, 11) is 1.71. The summed E-state index contributed by atoms with van der Waals surface area (Å²) in [6.45, 7) is 2.28. The first kappa shape index (κ1) is 13.2. The molecular formula is C13H17N3O. The third-order valence-corrected chi connectivity index (χ3v) is 2.82. The molecule has 0 aliphatic heterocycles. The minimum Gasteiger partial charge on any atom is -0.330 e. The summed E-state index contributed by atoms with van der Waals surface area (Å²) in [5.74, 6) is -0.171. The zero-order valence-electron chi connectivity index (χ0n) is 10.2. The molecule has 0 bridgehead atoms. The minimum atomic E-state index is -0.161. The molecule has 1 unspecified atom stereocenters. The molecule has 4 nitrogen and oxygen atoms in total. The highest BCUT2D eigenvalue weighted by atomic mass is 16.2. The molecule has 0 aliphatic carbocycles. The van der Waals surface area contributed by atoms with Gasteiger partial charge in [0.1, 0.15) is 0 Å². The van der Waals surface area contributed by atoms with Crippen molar-refractivity contribution < 1.29 is 4.79 Å². The fraction of sp³-hybridized carbons (Fsp3) is 0.385. The highest BCUT2D eigenvalue weighted by Crippen LogP contribution is 2.17. The molecular weight excluding hydrogens is 214 g/mol. The maximum Gasteiger partial charge on any atom is 0.231 e. The molecule has 0 saturated carbocycles. The second-order valence-electron chi connectivity index (χ2n) is 3.90. The average molecular weight is 231 g/mol. The van der Waals surface area contributed by atoms with E-state index in [-0.39, 0.29) is 11.8 Å². The summed E-state index contributed by atoms with van der Waals surface area (Å²) >= 11 is 0. The number of carbonyl (C=O) groups is 1. The number of anilines is 1. The molecule has 90 valence electrons. The van der Waals surface area contributed by atoms with Crippen molar-refractivity contribution in [2.24, 2.45) is 11.7 Å². The Labute approximate surface area is 102 Å². The summed E-state index contributed by atoms with van der Waals surface area (Å²) in [5, 5.41) is 8.81. The van der Waals surface area contributed by atoms with Crippen LogP contribution in [0.25, 0.3) is 0 Å². The molecule has 0 aliphatic rings. The second kappa shape index (κ2) is 6.02. The van der Waals surface area contributed by atoms with Gasteiger partial charge < -0.3 is 10.6 Å². The highest BCUT2D eigenvalue weighted by molar-refractivity contribution is 5.94. The molecule has 1 aromatic rings. The molecule has 0 fully saturated rings. The number of nitriles is 1. The molecule has 1 aromatic carbocycles. The SMILES string of the molecule is CCC(CN)C(=O)N(C)c1cccc(C#N)c1. The number of benzene rings is 1. The Morgan fingerprint density at radius 1 is 1.59 bits per heavy atom. The zero-order chi connectivity index (χ0) is 12.8. The van der Waals surface area contributed by atoms with Crippen LogP contribution in [0.5, 0.6) is 0 Å². The van der Waals surface area contributed by atoms with Crippen LogP contribution in [0.3, 0.4) is 0 Å². The molecule has 0 aromatic heterocycles. The van der Waals surface area contributed by atoms with Crippen molar-refractivity contribution in [2.45, 2.75) is 13.3 Å². The van der Waals surface area contributed by atoms with Crippen molar-refractivity contribution in [2.75, 3.05) is 18.5 Å². The standard InChI is InChI=1S/C13H17N3O/c1-3-11(9-15)13(17)16(2)12-6-4-5-10(7-12)8-14/h4-7,11H,3,9,15H2,1-2H3. The maximum atomic E-state index is 12.1. The van der Waals surface area contributed by atoms with Crippen LogP contribution in [-0.2, 0) is 4.79 Å². The summed E-state index contributed by atoms with van der Waals surface area (Å²) in [6.07, 6.45) is 0.720. The molecule has 0 radical (unpaired) electrons. The number of hydrogen-bond acceptors (Lipinski definition) is 3. The Balaban J connectivity index is 2.92. The van der Waals surface area contributed by atoms with E-state index in [0.29, 0.717) is 12.1 Å². The van der Waals surface area contributed by atoms with Gasteiger partial charge in [0, 0.05) is 19.3 Å². The average Bonchev–Trinajstić information content (AvgIpc) is 2.39. The first-order valence-electron chi connectivity index (χ1n) is 5.61. The monoisotopic (exact) mass is 231 g/mol. The Bertz CT molecular complexity index is 433. The third kappa shape index (κ3) is 3.05. The Morgan fingerprint density at radius 3 is 2.82 bits per heavy atom. The summed E-state index contributed by atoms with van der Waals surface area (Å²) in [5.41, 5.74) is 6.82. The number of nitrogens with two attached hydrogens (primary N) is 1. The van der Waals surface area contributed by atoms with Crippen LogP contribution in [0.2, 0.25) is 0 Å². The third-order valence-electron chi connectivity index (χ3n) is 2.82. The zero-order valence-corrected chi connectivity index (χ0v) is 10.2. The lowest BCUT2D eigenvalue weighted by Gasteiger charge is -2.22. The van der Waals surface area contributed by atoms with Crippen LogP contribution in [0.4, 0.5) is 5.69 Å². The van der Waals surface area contributed by atoms with E-state index in [1.807, 2.05) is 13.0 Å². The van der Waals surface area contributed by atoms with Gasteiger partial charge in [0.2, 0.25) is 5.91 Å². The molecule has 0 spiro atoms. The summed E-state index contributed by atoms with van der Waals surface area (Å²) in [4.78, 5) is 13.6. The smallest absolute Gasteiger partial charge is 0.231 e. The van der Waals surface area contributed by atoms with Crippen molar-refractivity contribution in [3.05, 3.63) is 29.8 Å². The first-order valence-corrected chi connectivity index (χ1v) is 5.61. The first-order chi connectivity index (χ1) is 8.13. The molecule has 4 heteroatoms. The Kier molecular flexibility index (Phi) is 4.68. The van der Waals surface area contributed by atoms with Crippen molar-refractivity contribution in [3.8, 4) is 6.07 Å². The van der Waals surface area contributed by atoms with E-state index in [1.54, 1.807) is 30.1 Å². The van der Waals surface area contributed by atoms with E-state index in [1.165, 1.54) is 0 Å². The second-order valence-corrected chi connectivity index (χ2v) is 3.90. The predicted molar refractivity (Wildman–Crippen MR) is 67.4 cm³/mol. The van der Waals surface area contributed by atoms with Gasteiger partial charge in [-0.15, -0.1) is 0 Å². The van der Waals surface area contributed by atoms with Gasteiger partial charge in [0.05, 0.1) is 17.6 Å². The van der Waals surface area contributed by atoms with Gasteiger partial charge >= 0.3 is 0 Å². The van der Waals surface area contributed by atoms with Crippen molar-refractivity contribution in [3.63, 3.8) is 0 Å². The highest BCUT2D eigenvalue weighted by Gasteiger charge is 2.19. The van der Waals surface area contributed by atoms with Crippen LogP contribution in [0.15, 0.2) is 24.3 Å². The largest absolute Gasteiger partial charge is 0.330 e. The van der Waals surface area contributed by atoms with E-state index in [9.17, 15) is 4.79 Å². The van der Waals surface area contributed by atoms with Crippen molar-refractivity contribution in [1.29, 1.82) is 5.26 Å². The van der Waals surface area contributed by atoms with Gasteiger partial charge in [0.15, 0.2) is 0 Å². The van der Waals surface area contributed by atoms with Crippen molar-refractivity contribution in [1.82, 2.24) is 0 Å². The lowest BCUT2D eigenvalue weighted by atomic mass is 10.1. The number of nitrogens with zero attached hydrogens (tertiary/aromatic N) is 2. The van der Waals surface area contributed by atoms with Crippen LogP contribution in [0, 0.1) is 17.2 Å². The quantitative estimate of drug-likeness (QED) is 0.853. The normalized spacial score (nSPS) is 11.6. The molecule has 0 heterocycles. The van der Waals surface area contributed by atoms with E-state index in [4.69, 9.17) is 11.0 Å². The van der Waals surface area contributed by atoms with Gasteiger partial charge in [0.25, 0.3) is 0 Å². The van der Waals surface area contributed by atoms with Crippen LogP contribution in [0.1, 0.15) is 18.9 Å². The lowest BCUT2D eigenvalue weighted by molar-refractivity contribution is -0.121. The maximum absolute atomic E-state index is 12.1. The fourth-order valence-electron chi connectivity index (χ4n) is 1.63. The van der Waals surface area contributed by atoms with Crippen LogP contribution in [-0.4, -0.2) is 19.5 Å². The Morgan fingerprint density at radius 2 is 2.29 bits per heavy atom. The molecule has 2 N–H and O–H groups in total. The van der Waals surface area contributed by atoms with Gasteiger partial charge in [-0.1, -0.05) is 13.0 Å². The van der Waals surface area contributed by atoms with E-state index in [2.05, 4.69) is 6.07 Å². The number of carbonyl (C=O) groups excluding carboxylic acids is 1. The number of hydrogen-bond donors (Lipinski definition) is 1. The van der Waals surface area contributed by atoms with Crippen LogP contribution >= 0.6 is 0 Å². The van der Waals surface area contributed by atoms with Gasteiger partial charge in [-0.25, -0.2) is 0 Å². The van der Waals surface area contributed by atoms with Gasteiger partial charge in [-0.2, -0.15) is 5.26 Å². The topological polar surface area (TPSA) is 70.1 Å². The van der Waals surface area contributed by atoms with Gasteiger partial charge in [-0.3, -0.25) is 4.79 Å². The number of amides is 1. The molecule has 1 atom stereocenters. The molecule has 1 amide bonds. The summed E-state index contributed by atoms with van der Waals surface area (Å²) in [6, 6.07) is 9.03. The Hall–Kier alpha value is -1.86. The molecule has 17 heavy (non-hydrogen) atoms. The predicted octanol–water partition coefficient (Wildman–Crippen LogP) is 1.51. The fourth-order valence-corrected chi connectivity index (χ4v) is 1.63. The van der Waals surface area contributed by atoms with Gasteiger partial charge in [-0.05, 0) is 24.6 Å². The van der Waals surface area contributed by atoms with E-state index >= 15 is 0 Å². The van der Waals surface area contributed by atoms with E-state index in [0.717, 1.165) is 12.1 Å². The summed E-state index contributed by atoms with van der Waals surface area (Å²) < 4.78 is 0. The minimum absolute atomic E-state index is 0.00918. The molecule has 0 saturated heterocycles. The van der Waals surface area contributed by atoms with Crippen molar-refractivity contribution >= 4 is 11.6 Å². The molecule has 1 rings (SSSR count). The lowest BCUT2D eigenvalue weighted by Crippen LogP contribution is -2.36. The van der Waals surface area contributed by atoms with Crippen LogP contribution < -0.4 is 10.6 Å².